The third-order valence-corrected chi connectivity index (χ3v) is 4.37. The van der Waals surface area contributed by atoms with Gasteiger partial charge in [-0.25, -0.2) is 9.36 Å². The number of rotatable bonds is 4. The molecule has 2 heterocycles. The Hall–Kier alpha value is -3.14. The molecule has 146 valence electrons. The van der Waals surface area contributed by atoms with E-state index in [1.54, 1.807) is 49.2 Å². The summed E-state index contributed by atoms with van der Waals surface area (Å²) in [6, 6.07) is 6.91. The van der Waals surface area contributed by atoms with Crippen molar-refractivity contribution in [3.63, 3.8) is 0 Å². The molecule has 2 aromatic rings. The number of likely N-dealkylation sites (tertiary alicyclic amines) is 1. The van der Waals surface area contributed by atoms with E-state index >= 15 is 0 Å². The average molecular weight is 377 g/mol. The Labute approximate surface area is 156 Å². The third kappa shape index (κ3) is 5.17. The molecule has 1 aliphatic rings. The van der Waals surface area contributed by atoms with E-state index in [0.717, 1.165) is 25.1 Å². The summed E-state index contributed by atoms with van der Waals surface area (Å²) in [7, 11) is 5.29. The summed E-state index contributed by atoms with van der Waals surface area (Å²) < 4.78 is 6.47. The first-order valence-electron chi connectivity index (χ1n) is 8.33. The summed E-state index contributed by atoms with van der Waals surface area (Å²) in [6.07, 6.45) is 2.73. The van der Waals surface area contributed by atoms with Crippen LogP contribution in [0, 0.1) is 10.1 Å². The van der Waals surface area contributed by atoms with E-state index < -0.39 is 11.0 Å². The van der Waals surface area contributed by atoms with Crippen molar-refractivity contribution in [2.24, 2.45) is 7.05 Å². The van der Waals surface area contributed by atoms with Gasteiger partial charge in [-0.1, -0.05) is 4.98 Å². The number of hydrogen-bond acceptors (Lipinski definition) is 6. The number of carbonyl (C=O) groups is 1. The van der Waals surface area contributed by atoms with Crippen LogP contribution in [0.2, 0.25) is 0 Å². The predicted molar refractivity (Wildman–Crippen MR) is 99.1 cm³/mol. The molecule has 1 fully saturated rings. The lowest BCUT2D eigenvalue weighted by molar-refractivity contribution is -0.396. The molecule has 0 saturated carbocycles. The summed E-state index contributed by atoms with van der Waals surface area (Å²) in [4.78, 5) is 26.4. The maximum absolute atomic E-state index is 10.6. The zero-order valence-corrected chi connectivity index (χ0v) is 15.5. The summed E-state index contributed by atoms with van der Waals surface area (Å²) in [6.45, 7) is 1.05. The standard InChI is InChI=1S/C9H14N4O2.C8H9NO3/c1-11-5-3-4-7(11)8-6-10-9(12(8)2)13(14)15;1-12-7-4-2-6(3-5-7)9-8(10)11/h6-7H,3-5H2,1-2H3;2-5,9H,1H3,(H,10,11). The Bertz CT molecular complexity index is 790. The number of nitrogens with zero attached hydrogens (tertiary/aromatic N) is 4. The van der Waals surface area contributed by atoms with Gasteiger partial charge in [0.25, 0.3) is 0 Å². The fourth-order valence-electron chi connectivity index (χ4n) is 2.97. The molecule has 1 aromatic heterocycles. The van der Waals surface area contributed by atoms with E-state index in [4.69, 9.17) is 9.84 Å². The van der Waals surface area contributed by atoms with Gasteiger partial charge in [0, 0.05) is 5.69 Å². The number of anilines is 1. The summed E-state index contributed by atoms with van der Waals surface area (Å²) in [5, 5.41) is 21.2. The molecule has 0 spiro atoms. The lowest BCUT2D eigenvalue weighted by Crippen LogP contribution is -2.19. The van der Waals surface area contributed by atoms with E-state index in [1.807, 2.05) is 7.05 Å². The highest BCUT2D eigenvalue weighted by atomic mass is 16.6. The molecule has 1 atom stereocenters. The topological polar surface area (TPSA) is 123 Å². The molecule has 1 amide bonds. The maximum atomic E-state index is 10.6. The molecule has 1 saturated heterocycles. The summed E-state index contributed by atoms with van der Waals surface area (Å²) in [5.74, 6) is 0.622. The smallest absolute Gasteiger partial charge is 0.434 e. The van der Waals surface area contributed by atoms with Gasteiger partial charge in [-0.2, -0.15) is 0 Å². The Kier molecular flexibility index (Phi) is 6.72. The highest BCUT2D eigenvalue weighted by Crippen LogP contribution is 2.31. The van der Waals surface area contributed by atoms with Crippen molar-refractivity contribution >= 4 is 17.7 Å². The molecule has 10 nitrogen and oxygen atoms in total. The van der Waals surface area contributed by atoms with Crippen LogP contribution in [-0.4, -0.2) is 51.3 Å². The van der Waals surface area contributed by atoms with Crippen molar-refractivity contribution in [1.82, 2.24) is 14.5 Å². The normalized spacial score (nSPS) is 16.3. The molecule has 1 unspecified atom stereocenters. The molecule has 1 aliphatic heterocycles. The zero-order chi connectivity index (χ0) is 20.0. The zero-order valence-electron chi connectivity index (χ0n) is 15.5. The Morgan fingerprint density at radius 3 is 2.48 bits per heavy atom. The number of aromatic nitrogens is 2. The van der Waals surface area contributed by atoms with Gasteiger partial charge in [-0.15, -0.1) is 0 Å². The van der Waals surface area contributed by atoms with E-state index in [9.17, 15) is 14.9 Å². The van der Waals surface area contributed by atoms with Crippen molar-refractivity contribution in [1.29, 1.82) is 0 Å². The van der Waals surface area contributed by atoms with Gasteiger partial charge in [-0.3, -0.25) is 10.2 Å². The second-order valence-corrected chi connectivity index (χ2v) is 6.10. The van der Waals surface area contributed by atoms with Gasteiger partial charge in [0.2, 0.25) is 0 Å². The van der Waals surface area contributed by atoms with Gasteiger partial charge in [0.05, 0.1) is 20.2 Å². The van der Waals surface area contributed by atoms with Gasteiger partial charge in [0.15, 0.2) is 0 Å². The molecule has 3 rings (SSSR count). The number of benzene rings is 1. The third-order valence-electron chi connectivity index (χ3n) is 4.37. The number of ether oxygens (including phenoxy) is 1. The van der Waals surface area contributed by atoms with Crippen LogP contribution < -0.4 is 10.1 Å². The van der Waals surface area contributed by atoms with Crippen LogP contribution in [0.25, 0.3) is 0 Å². The van der Waals surface area contributed by atoms with E-state index in [1.165, 1.54) is 0 Å². The second-order valence-electron chi connectivity index (χ2n) is 6.10. The number of nitro groups is 1. The fraction of sp³-hybridized carbons (Fsp3) is 0.412. The maximum Gasteiger partial charge on any atom is 0.434 e. The van der Waals surface area contributed by atoms with Crippen LogP contribution in [-0.2, 0) is 7.05 Å². The first kappa shape index (κ1) is 20.2. The van der Waals surface area contributed by atoms with Gasteiger partial charge < -0.3 is 20.0 Å². The highest BCUT2D eigenvalue weighted by Gasteiger charge is 2.30. The van der Waals surface area contributed by atoms with E-state index in [-0.39, 0.29) is 12.0 Å². The lowest BCUT2D eigenvalue weighted by atomic mass is 10.1. The van der Waals surface area contributed by atoms with Crippen LogP contribution in [0.1, 0.15) is 24.6 Å². The molecular formula is C17H23N5O5. The molecule has 1 aromatic carbocycles. The van der Waals surface area contributed by atoms with Crippen LogP contribution in [0.4, 0.5) is 16.4 Å². The van der Waals surface area contributed by atoms with Crippen molar-refractivity contribution in [2.45, 2.75) is 18.9 Å². The SMILES string of the molecule is CN1CCCC1c1cnc([N+](=O)[O-])n1C.COc1ccc(NC(=O)O)cc1. The van der Waals surface area contributed by atoms with Crippen LogP contribution in [0.5, 0.6) is 5.75 Å². The minimum absolute atomic E-state index is 0.0784. The Morgan fingerprint density at radius 2 is 2.04 bits per heavy atom. The largest absolute Gasteiger partial charge is 0.497 e. The number of nitrogens with one attached hydrogen (secondary N) is 1. The molecule has 2 N–H and O–H groups in total. The quantitative estimate of drug-likeness (QED) is 0.620. The summed E-state index contributed by atoms with van der Waals surface area (Å²) in [5.41, 5.74) is 1.46. The molecule has 10 heteroatoms. The van der Waals surface area contributed by atoms with Crippen molar-refractivity contribution in [2.75, 3.05) is 26.0 Å². The highest BCUT2D eigenvalue weighted by molar-refractivity contribution is 5.82. The minimum Gasteiger partial charge on any atom is -0.497 e. The molecule has 27 heavy (non-hydrogen) atoms. The monoisotopic (exact) mass is 377 g/mol. The number of amides is 1. The van der Waals surface area contributed by atoms with Crippen LogP contribution in [0.15, 0.2) is 30.5 Å². The number of methoxy groups -OCH3 is 1. The Balaban J connectivity index is 0.000000199. The summed E-state index contributed by atoms with van der Waals surface area (Å²) >= 11 is 0. The lowest BCUT2D eigenvalue weighted by Gasteiger charge is -2.17. The van der Waals surface area contributed by atoms with E-state index in [2.05, 4.69) is 15.2 Å². The average Bonchev–Trinajstić information content (AvgIpc) is 3.21. The van der Waals surface area contributed by atoms with Crippen LogP contribution >= 0.6 is 0 Å². The first-order valence-corrected chi connectivity index (χ1v) is 8.33. The molecule has 0 aliphatic carbocycles. The minimum atomic E-state index is -1.07. The fourth-order valence-corrected chi connectivity index (χ4v) is 2.97. The van der Waals surface area contributed by atoms with Gasteiger partial charge in [-0.05, 0) is 55.6 Å². The van der Waals surface area contributed by atoms with Crippen molar-refractivity contribution in [3.05, 3.63) is 46.3 Å². The van der Waals surface area contributed by atoms with Gasteiger partial charge in [0.1, 0.15) is 17.6 Å². The first-order chi connectivity index (χ1) is 12.8. The second kappa shape index (κ2) is 8.99. The van der Waals surface area contributed by atoms with Crippen molar-refractivity contribution in [3.8, 4) is 5.75 Å². The molecule has 0 radical (unpaired) electrons. The molecular weight excluding hydrogens is 354 g/mol. The number of hydrogen-bond donors (Lipinski definition) is 2. The molecule has 0 bridgehead atoms. The van der Waals surface area contributed by atoms with Crippen LogP contribution in [0.3, 0.4) is 0 Å². The van der Waals surface area contributed by atoms with E-state index in [0.29, 0.717) is 11.4 Å². The Morgan fingerprint density at radius 1 is 1.37 bits per heavy atom. The van der Waals surface area contributed by atoms with Crippen molar-refractivity contribution < 1.29 is 19.6 Å². The van der Waals surface area contributed by atoms with Gasteiger partial charge >= 0.3 is 12.0 Å². The number of carboxylic acid groups (broad SMARTS) is 1. The predicted octanol–water partition coefficient (Wildman–Crippen LogP) is 2.88. The number of imidazole rings is 1.